The molecule has 176 valence electrons. The van der Waals surface area contributed by atoms with Crippen LogP contribution in [0.3, 0.4) is 0 Å². The molecule has 0 N–H and O–H groups in total. The zero-order valence-corrected chi connectivity index (χ0v) is 21.4. The summed E-state index contributed by atoms with van der Waals surface area (Å²) in [6, 6.07) is 17.9. The lowest BCUT2D eigenvalue weighted by Gasteiger charge is -2.13. The maximum Gasteiger partial charge on any atom is 0.266 e. The summed E-state index contributed by atoms with van der Waals surface area (Å²) in [6.45, 7) is 7.69. The summed E-state index contributed by atoms with van der Waals surface area (Å²) < 4.78 is 8.30. The highest BCUT2D eigenvalue weighted by Gasteiger charge is 2.31. The van der Waals surface area contributed by atoms with Gasteiger partial charge in [-0.3, -0.25) is 9.69 Å². The summed E-state index contributed by atoms with van der Waals surface area (Å²) in [4.78, 5) is 15.4. The monoisotopic (exact) mass is 491 g/mol. The van der Waals surface area contributed by atoms with Crippen LogP contribution in [0.4, 0.5) is 0 Å². The molecular weight excluding hydrogens is 462 g/mol. The van der Waals surface area contributed by atoms with Gasteiger partial charge in [-0.25, -0.2) is 4.68 Å². The molecule has 2 heterocycles. The Morgan fingerprint density at radius 2 is 1.85 bits per heavy atom. The van der Waals surface area contributed by atoms with E-state index in [9.17, 15) is 4.79 Å². The van der Waals surface area contributed by atoms with E-state index in [4.69, 9.17) is 22.1 Å². The Morgan fingerprint density at radius 1 is 1.12 bits per heavy atom. The van der Waals surface area contributed by atoms with Gasteiger partial charge in [0.1, 0.15) is 10.1 Å². The Bertz CT molecular complexity index is 1180. The molecule has 0 spiro atoms. The molecule has 1 aliphatic heterocycles. The molecule has 1 aromatic heterocycles. The first kappa shape index (κ1) is 24.2. The minimum Gasteiger partial charge on any atom is -0.493 e. The fraction of sp³-hybridized carbons (Fsp3) is 0.296. The second-order valence-corrected chi connectivity index (χ2v) is 10.3. The summed E-state index contributed by atoms with van der Waals surface area (Å²) in [6.07, 6.45) is 5.83. The van der Waals surface area contributed by atoms with Gasteiger partial charge < -0.3 is 4.74 Å². The van der Waals surface area contributed by atoms with Crippen molar-refractivity contribution in [2.45, 2.75) is 33.6 Å². The Balaban J connectivity index is 1.69. The molecule has 1 amide bonds. The summed E-state index contributed by atoms with van der Waals surface area (Å²) in [5.41, 5.74) is 3.59. The van der Waals surface area contributed by atoms with Gasteiger partial charge in [0.2, 0.25) is 0 Å². The fourth-order valence-corrected chi connectivity index (χ4v) is 4.85. The summed E-state index contributed by atoms with van der Waals surface area (Å²) in [7, 11) is 0. The molecule has 5 nitrogen and oxygen atoms in total. The van der Waals surface area contributed by atoms with E-state index in [0.717, 1.165) is 41.1 Å². The highest BCUT2D eigenvalue weighted by Crippen LogP contribution is 2.35. The molecule has 0 bridgehead atoms. The first-order valence-electron chi connectivity index (χ1n) is 11.6. The summed E-state index contributed by atoms with van der Waals surface area (Å²) in [5, 5.41) is 4.87. The van der Waals surface area contributed by atoms with E-state index in [1.165, 1.54) is 11.8 Å². The third kappa shape index (κ3) is 5.59. The molecule has 0 unspecified atom stereocenters. The SMILES string of the molecule is CCCCN1C(=O)C(=Cc2cn(-c3ccccc3)nc2-c2ccc(OCC(C)C)cc2)SC1=S. The van der Waals surface area contributed by atoms with Crippen LogP contribution in [0.2, 0.25) is 0 Å². The molecule has 7 heteroatoms. The van der Waals surface area contributed by atoms with Crippen molar-refractivity contribution in [3.8, 4) is 22.7 Å². The highest BCUT2D eigenvalue weighted by atomic mass is 32.2. The molecular formula is C27H29N3O2S2. The van der Waals surface area contributed by atoms with Crippen molar-refractivity contribution < 1.29 is 9.53 Å². The number of rotatable bonds is 9. The quantitative estimate of drug-likeness (QED) is 0.250. The zero-order chi connectivity index (χ0) is 24.1. The molecule has 4 rings (SSSR count). The third-order valence-corrected chi connectivity index (χ3v) is 6.75. The number of carbonyl (C=O) groups is 1. The van der Waals surface area contributed by atoms with Crippen LogP contribution in [-0.4, -0.2) is 38.1 Å². The Labute approximate surface area is 210 Å². The molecule has 0 aliphatic carbocycles. The van der Waals surface area contributed by atoms with Crippen LogP contribution in [0.15, 0.2) is 65.7 Å². The number of carbonyl (C=O) groups excluding carboxylic acids is 1. The van der Waals surface area contributed by atoms with Crippen LogP contribution in [0, 0.1) is 5.92 Å². The first-order chi connectivity index (χ1) is 16.5. The number of benzene rings is 2. The predicted molar refractivity (Wildman–Crippen MR) is 144 cm³/mol. The maximum absolute atomic E-state index is 13.0. The third-order valence-electron chi connectivity index (χ3n) is 5.37. The molecule has 3 aromatic rings. The van der Waals surface area contributed by atoms with Gasteiger partial charge in [0.15, 0.2) is 0 Å². The van der Waals surface area contributed by atoms with Gasteiger partial charge in [-0.2, -0.15) is 5.10 Å². The van der Waals surface area contributed by atoms with Crippen LogP contribution in [0.25, 0.3) is 23.0 Å². The number of ether oxygens (including phenoxy) is 1. The van der Waals surface area contributed by atoms with Gasteiger partial charge in [0.25, 0.3) is 5.91 Å². The number of aromatic nitrogens is 2. The van der Waals surface area contributed by atoms with Gasteiger partial charge in [0, 0.05) is 23.9 Å². The lowest BCUT2D eigenvalue weighted by atomic mass is 10.1. The van der Waals surface area contributed by atoms with Crippen LogP contribution in [0.5, 0.6) is 5.75 Å². The van der Waals surface area contributed by atoms with Crippen molar-refractivity contribution in [3.05, 3.63) is 71.3 Å². The van der Waals surface area contributed by atoms with Crippen molar-refractivity contribution in [1.29, 1.82) is 0 Å². The lowest BCUT2D eigenvalue weighted by molar-refractivity contribution is -0.122. The van der Waals surface area contributed by atoms with E-state index in [1.807, 2.05) is 71.6 Å². The molecule has 0 atom stereocenters. The largest absolute Gasteiger partial charge is 0.493 e. The molecule has 1 fully saturated rings. The smallest absolute Gasteiger partial charge is 0.266 e. The van der Waals surface area contributed by atoms with Crippen molar-refractivity contribution in [2.24, 2.45) is 5.92 Å². The maximum atomic E-state index is 13.0. The van der Waals surface area contributed by atoms with Crippen molar-refractivity contribution in [3.63, 3.8) is 0 Å². The summed E-state index contributed by atoms with van der Waals surface area (Å²) >= 11 is 6.84. The molecule has 34 heavy (non-hydrogen) atoms. The van der Waals surface area contributed by atoms with Crippen LogP contribution < -0.4 is 4.74 Å². The van der Waals surface area contributed by atoms with E-state index < -0.39 is 0 Å². The minimum absolute atomic E-state index is 0.0284. The zero-order valence-electron chi connectivity index (χ0n) is 19.7. The molecule has 1 saturated heterocycles. The number of nitrogens with zero attached hydrogens (tertiary/aromatic N) is 3. The number of hydrogen-bond acceptors (Lipinski definition) is 5. The standard InChI is InChI=1S/C27H29N3O2S2/c1-4-5-15-29-26(31)24(34-27(29)33)16-21-17-30(22-9-7-6-8-10-22)28-25(21)20-11-13-23(14-12-20)32-18-19(2)3/h6-14,16-17,19H,4-5,15,18H2,1-3H3. The second kappa shape index (κ2) is 11.0. The normalized spacial score (nSPS) is 15.1. The van der Waals surface area contributed by atoms with E-state index in [0.29, 0.717) is 28.3 Å². The van der Waals surface area contributed by atoms with Gasteiger partial charge in [-0.05, 0) is 54.8 Å². The van der Waals surface area contributed by atoms with Crippen molar-refractivity contribution in [2.75, 3.05) is 13.2 Å². The lowest BCUT2D eigenvalue weighted by Crippen LogP contribution is -2.28. The Morgan fingerprint density at radius 3 is 2.53 bits per heavy atom. The van der Waals surface area contributed by atoms with E-state index in [2.05, 4.69) is 20.8 Å². The van der Waals surface area contributed by atoms with E-state index >= 15 is 0 Å². The van der Waals surface area contributed by atoms with Crippen LogP contribution >= 0.6 is 24.0 Å². The van der Waals surface area contributed by atoms with Crippen molar-refractivity contribution >= 4 is 40.3 Å². The number of amides is 1. The molecule has 0 saturated carbocycles. The topological polar surface area (TPSA) is 47.4 Å². The number of thioether (sulfide) groups is 1. The fourth-order valence-electron chi connectivity index (χ4n) is 3.55. The van der Waals surface area contributed by atoms with Crippen LogP contribution in [-0.2, 0) is 4.79 Å². The molecule has 0 radical (unpaired) electrons. The Kier molecular flexibility index (Phi) is 7.85. The van der Waals surface area contributed by atoms with E-state index in [1.54, 1.807) is 4.90 Å². The van der Waals surface area contributed by atoms with Gasteiger partial charge >= 0.3 is 0 Å². The molecule has 2 aromatic carbocycles. The van der Waals surface area contributed by atoms with Crippen LogP contribution in [0.1, 0.15) is 39.2 Å². The van der Waals surface area contributed by atoms with Gasteiger partial charge in [-0.15, -0.1) is 0 Å². The van der Waals surface area contributed by atoms with Crippen molar-refractivity contribution in [1.82, 2.24) is 14.7 Å². The average Bonchev–Trinajstić information content (AvgIpc) is 3.38. The number of thiocarbonyl (C=S) groups is 1. The Hall–Kier alpha value is -2.90. The van der Waals surface area contributed by atoms with Gasteiger partial charge in [-0.1, -0.05) is 69.4 Å². The van der Waals surface area contributed by atoms with Gasteiger partial charge in [0.05, 0.1) is 22.9 Å². The van der Waals surface area contributed by atoms with E-state index in [-0.39, 0.29) is 5.91 Å². The molecule has 1 aliphatic rings. The minimum atomic E-state index is -0.0284. The number of para-hydroxylation sites is 1. The average molecular weight is 492 g/mol. The number of hydrogen-bond donors (Lipinski definition) is 0. The summed E-state index contributed by atoms with van der Waals surface area (Å²) in [5.74, 6) is 1.27. The number of unbranched alkanes of at least 4 members (excludes halogenated alkanes) is 1. The highest BCUT2D eigenvalue weighted by molar-refractivity contribution is 8.26. The predicted octanol–water partition coefficient (Wildman–Crippen LogP) is 6.58. The second-order valence-electron chi connectivity index (χ2n) is 8.63. The first-order valence-corrected chi connectivity index (χ1v) is 12.8.